The van der Waals surface area contributed by atoms with Crippen LogP contribution in [0.4, 0.5) is 10.3 Å². The number of H-pyrrole nitrogens is 1. The quantitative estimate of drug-likeness (QED) is 0.415. The van der Waals surface area contributed by atoms with E-state index in [1.165, 1.54) is 13.8 Å². The summed E-state index contributed by atoms with van der Waals surface area (Å²) in [5, 5.41) is 11.2. The van der Waals surface area contributed by atoms with Gasteiger partial charge in [0.1, 0.15) is 11.3 Å². The van der Waals surface area contributed by atoms with Crippen molar-refractivity contribution in [2.45, 2.75) is 38.4 Å². The molecule has 172 valence electrons. The first-order chi connectivity index (χ1) is 15.9. The smallest absolute Gasteiger partial charge is 0.255 e. The lowest BCUT2D eigenvalue weighted by atomic mass is 10.1. The molecule has 1 saturated heterocycles. The van der Waals surface area contributed by atoms with E-state index in [0.29, 0.717) is 30.4 Å². The zero-order valence-corrected chi connectivity index (χ0v) is 18.6. The molecule has 0 aliphatic carbocycles. The van der Waals surface area contributed by atoms with Gasteiger partial charge in [-0.2, -0.15) is 10.1 Å². The molecule has 0 saturated carbocycles. The average Bonchev–Trinajstić information content (AvgIpc) is 3.41. The molecule has 0 atom stereocenters. The normalized spacial score (nSPS) is 15.2. The predicted octanol–water partition coefficient (Wildman–Crippen LogP) is 3.34. The van der Waals surface area contributed by atoms with Crippen molar-refractivity contribution in [2.75, 3.05) is 25.1 Å². The van der Waals surface area contributed by atoms with Gasteiger partial charge in [0.2, 0.25) is 5.95 Å². The van der Waals surface area contributed by atoms with Gasteiger partial charge in [0, 0.05) is 48.8 Å². The van der Waals surface area contributed by atoms with Crippen molar-refractivity contribution in [1.82, 2.24) is 29.9 Å². The summed E-state index contributed by atoms with van der Waals surface area (Å²) >= 11 is 0. The molecule has 1 amide bonds. The maximum atomic E-state index is 13.8. The minimum absolute atomic E-state index is 0.112. The topological polar surface area (TPSA) is 109 Å². The lowest BCUT2D eigenvalue weighted by Crippen LogP contribution is -2.38. The molecule has 1 aliphatic rings. The highest BCUT2D eigenvalue weighted by Crippen LogP contribution is 2.29. The second kappa shape index (κ2) is 8.43. The molecular weight excluding hydrogens is 425 g/mol. The number of alkyl halides is 1. The zero-order valence-electron chi connectivity index (χ0n) is 18.6. The number of nitrogens with one attached hydrogen (secondary N) is 3. The minimum atomic E-state index is -1.37. The van der Waals surface area contributed by atoms with Gasteiger partial charge >= 0.3 is 0 Å². The Bertz CT molecular complexity index is 1300. The maximum absolute atomic E-state index is 13.8. The Morgan fingerprint density at radius 2 is 2.15 bits per heavy atom. The van der Waals surface area contributed by atoms with E-state index < -0.39 is 5.67 Å². The van der Waals surface area contributed by atoms with Gasteiger partial charge in [-0.3, -0.25) is 4.79 Å². The van der Waals surface area contributed by atoms with E-state index in [1.54, 1.807) is 16.9 Å². The molecule has 1 aliphatic heterocycles. The highest BCUT2D eigenvalue weighted by atomic mass is 19.1. The van der Waals surface area contributed by atoms with E-state index in [1.807, 2.05) is 24.5 Å². The molecule has 5 rings (SSSR count). The maximum Gasteiger partial charge on any atom is 0.255 e. The second-order valence-corrected chi connectivity index (χ2v) is 8.89. The lowest BCUT2D eigenvalue weighted by molar-refractivity contribution is 0.0697. The van der Waals surface area contributed by atoms with Crippen molar-refractivity contribution in [3.05, 3.63) is 42.5 Å². The molecule has 0 aromatic carbocycles. The van der Waals surface area contributed by atoms with Crippen LogP contribution in [0.25, 0.3) is 27.7 Å². The van der Waals surface area contributed by atoms with Crippen molar-refractivity contribution in [2.24, 2.45) is 0 Å². The Morgan fingerprint density at radius 3 is 2.94 bits per heavy atom. The Labute approximate surface area is 189 Å². The summed E-state index contributed by atoms with van der Waals surface area (Å²) in [5.74, 6) is 0.225. The first-order valence-corrected chi connectivity index (χ1v) is 11.0. The number of amides is 1. The van der Waals surface area contributed by atoms with Gasteiger partial charge in [0.05, 0.1) is 23.8 Å². The van der Waals surface area contributed by atoms with Crippen LogP contribution in [-0.2, 0) is 4.74 Å². The van der Waals surface area contributed by atoms with Gasteiger partial charge in [-0.15, -0.1) is 0 Å². The van der Waals surface area contributed by atoms with Crippen LogP contribution >= 0.6 is 0 Å². The van der Waals surface area contributed by atoms with Gasteiger partial charge in [0.15, 0.2) is 0 Å². The first kappa shape index (κ1) is 21.3. The number of hydrogen-bond donors (Lipinski definition) is 3. The number of nitrogens with zero attached hydrogens (tertiary/aromatic N) is 4. The van der Waals surface area contributed by atoms with Crippen LogP contribution in [0.15, 0.2) is 36.9 Å². The zero-order chi connectivity index (χ0) is 23.0. The number of aromatic nitrogens is 5. The Morgan fingerprint density at radius 1 is 1.33 bits per heavy atom. The van der Waals surface area contributed by atoms with Crippen LogP contribution < -0.4 is 10.6 Å². The van der Waals surface area contributed by atoms with Crippen LogP contribution in [0.1, 0.15) is 37.0 Å². The number of anilines is 1. The molecule has 1 fully saturated rings. The third-order valence-corrected chi connectivity index (χ3v) is 5.73. The van der Waals surface area contributed by atoms with Gasteiger partial charge in [-0.1, -0.05) is 0 Å². The Kier molecular flexibility index (Phi) is 5.45. The SMILES string of the molecule is CC(C)(F)CNc1ncc2c(-c3ccn4ncc(C(=O)NC5CCOCC5)c4c3)c[nH]c2n1. The van der Waals surface area contributed by atoms with Crippen LogP contribution in [0.5, 0.6) is 0 Å². The van der Waals surface area contributed by atoms with E-state index in [9.17, 15) is 9.18 Å². The van der Waals surface area contributed by atoms with Crippen molar-refractivity contribution in [3.8, 4) is 11.1 Å². The number of hydrogen-bond acceptors (Lipinski definition) is 6. The molecule has 0 unspecified atom stereocenters. The average molecular weight is 452 g/mol. The number of ether oxygens (including phenoxy) is 1. The Hall–Kier alpha value is -3.53. The van der Waals surface area contributed by atoms with Crippen LogP contribution in [-0.4, -0.2) is 61.9 Å². The molecule has 0 spiro atoms. The molecule has 0 radical (unpaired) electrons. The van der Waals surface area contributed by atoms with Crippen LogP contribution in [0.2, 0.25) is 0 Å². The van der Waals surface area contributed by atoms with E-state index in [2.05, 4.69) is 30.7 Å². The summed E-state index contributed by atoms with van der Waals surface area (Å²) < 4.78 is 20.8. The third kappa shape index (κ3) is 4.51. The largest absolute Gasteiger partial charge is 0.381 e. The standard InChI is InChI=1S/C23H26FN7O2/c1-23(2,24)13-27-22-26-11-17-16(10-25-20(17)30-22)14-3-6-31-19(9-14)18(12-28-31)21(32)29-15-4-7-33-8-5-15/h3,6,9-12,15H,4-5,7-8,13H2,1-2H3,(H,29,32)(H2,25,26,27,30). The number of aromatic amines is 1. The summed E-state index contributed by atoms with van der Waals surface area (Å²) in [6, 6.07) is 3.98. The summed E-state index contributed by atoms with van der Waals surface area (Å²) in [6.45, 7) is 4.43. The summed E-state index contributed by atoms with van der Waals surface area (Å²) in [6.07, 6.45) is 8.61. The van der Waals surface area contributed by atoms with E-state index in [4.69, 9.17) is 4.74 Å². The molecule has 10 heteroatoms. The monoisotopic (exact) mass is 451 g/mol. The highest BCUT2D eigenvalue weighted by Gasteiger charge is 2.20. The number of carbonyl (C=O) groups is 1. The fourth-order valence-corrected chi connectivity index (χ4v) is 3.95. The minimum Gasteiger partial charge on any atom is -0.381 e. The third-order valence-electron chi connectivity index (χ3n) is 5.73. The molecule has 3 N–H and O–H groups in total. The molecule has 33 heavy (non-hydrogen) atoms. The van der Waals surface area contributed by atoms with Gasteiger partial charge in [-0.25, -0.2) is 13.9 Å². The van der Waals surface area contributed by atoms with Crippen LogP contribution in [0, 0.1) is 0 Å². The molecule has 9 nitrogen and oxygen atoms in total. The number of carbonyl (C=O) groups excluding carboxylic acids is 1. The van der Waals surface area contributed by atoms with E-state index in [0.717, 1.165) is 34.9 Å². The van der Waals surface area contributed by atoms with E-state index >= 15 is 0 Å². The molecule has 5 heterocycles. The highest BCUT2D eigenvalue weighted by molar-refractivity contribution is 6.02. The van der Waals surface area contributed by atoms with E-state index in [-0.39, 0.29) is 18.5 Å². The van der Waals surface area contributed by atoms with Gasteiger partial charge in [0.25, 0.3) is 5.91 Å². The van der Waals surface area contributed by atoms with Gasteiger partial charge in [-0.05, 0) is 44.4 Å². The van der Waals surface area contributed by atoms with Crippen molar-refractivity contribution in [1.29, 1.82) is 0 Å². The predicted molar refractivity (Wildman–Crippen MR) is 123 cm³/mol. The molecule has 4 aromatic rings. The molecule has 4 aromatic heterocycles. The van der Waals surface area contributed by atoms with Crippen LogP contribution in [0.3, 0.4) is 0 Å². The molecule has 0 bridgehead atoms. The van der Waals surface area contributed by atoms with Crippen molar-refractivity contribution < 1.29 is 13.9 Å². The fraction of sp³-hybridized carbons (Fsp3) is 0.391. The number of halogens is 1. The van der Waals surface area contributed by atoms with Gasteiger partial charge < -0.3 is 20.4 Å². The van der Waals surface area contributed by atoms with Crippen molar-refractivity contribution >= 4 is 28.4 Å². The number of fused-ring (bicyclic) bond motifs is 2. The fourth-order valence-electron chi connectivity index (χ4n) is 3.95. The summed E-state index contributed by atoms with van der Waals surface area (Å²) in [4.78, 5) is 24.8. The van der Waals surface area contributed by atoms with Crippen molar-refractivity contribution in [3.63, 3.8) is 0 Å². The number of pyridine rings is 1. The number of rotatable bonds is 6. The molecular formula is C23H26FN7O2. The second-order valence-electron chi connectivity index (χ2n) is 8.89. The lowest BCUT2D eigenvalue weighted by Gasteiger charge is -2.22. The summed E-state index contributed by atoms with van der Waals surface area (Å²) in [5.41, 5.74) is 2.33. The first-order valence-electron chi connectivity index (χ1n) is 11.0. The summed E-state index contributed by atoms with van der Waals surface area (Å²) in [7, 11) is 0. The Balaban J connectivity index is 1.42.